The van der Waals surface area contributed by atoms with Gasteiger partial charge >= 0.3 is 11.9 Å². The largest absolute Gasteiger partial charge is 0.508 e. The van der Waals surface area contributed by atoms with E-state index in [0.717, 1.165) is 0 Å². The lowest BCUT2D eigenvalue weighted by molar-refractivity contribution is -0.147. The number of nitrogens with two attached hydrogens (primary N) is 3. The summed E-state index contributed by atoms with van der Waals surface area (Å²) in [5.41, 5.74) is 17.5. The van der Waals surface area contributed by atoms with Crippen molar-refractivity contribution in [2.75, 3.05) is 6.54 Å². The summed E-state index contributed by atoms with van der Waals surface area (Å²) in [6.07, 6.45) is 2.17. The molecule has 1 heterocycles. The van der Waals surface area contributed by atoms with Crippen molar-refractivity contribution in [3.8, 4) is 5.75 Å². The molecule has 0 bridgehead atoms. The lowest BCUT2D eigenvalue weighted by Crippen LogP contribution is -2.58. The number of aromatic amines is 1. The molecule has 0 fully saturated rings. The van der Waals surface area contributed by atoms with Crippen LogP contribution < -0.4 is 33.2 Å². The topological polar surface area (TPSA) is 301 Å². The van der Waals surface area contributed by atoms with Crippen molar-refractivity contribution in [1.29, 1.82) is 0 Å². The molecule has 0 spiro atoms. The minimum atomic E-state index is -1.76. The van der Waals surface area contributed by atoms with Crippen LogP contribution >= 0.6 is 0 Å². The van der Waals surface area contributed by atoms with Gasteiger partial charge in [-0.3, -0.25) is 24.2 Å². The summed E-state index contributed by atoms with van der Waals surface area (Å²) in [6, 6.07) is 0.434. The Labute approximate surface area is 240 Å². The second-order valence-electron chi connectivity index (χ2n) is 9.33. The molecule has 1 aromatic carbocycles. The smallest absolute Gasteiger partial charge is 0.326 e. The summed E-state index contributed by atoms with van der Waals surface area (Å²) in [5, 5.41) is 35.1. The van der Waals surface area contributed by atoms with Gasteiger partial charge in [0.25, 0.3) is 0 Å². The fourth-order valence-corrected chi connectivity index (χ4v) is 3.75. The van der Waals surface area contributed by atoms with E-state index in [1.54, 1.807) is 0 Å². The van der Waals surface area contributed by atoms with Crippen LogP contribution in [-0.2, 0) is 36.8 Å². The summed E-state index contributed by atoms with van der Waals surface area (Å²) < 4.78 is 0. The molecule has 0 radical (unpaired) electrons. The Morgan fingerprint density at radius 2 is 1.50 bits per heavy atom. The second kappa shape index (κ2) is 16.2. The molecule has 0 saturated heterocycles. The molecule has 0 aliphatic heterocycles. The highest BCUT2D eigenvalue weighted by atomic mass is 16.4. The molecule has 13 N–H and O–H groups in total. The number of nitrogens with zero attached hydrogens (tertiary/aromatic N) is 2. The summed E-state index contributed by atoms with van der Waals surface area (Å²) in [5.74, 6) is -5.61. The molecule has 228 valence electrons. The van der Waals surface area contributed by atoms with E-state index in [1.165, 1.54) is 36.8 Å². The number of nitrogens with one attached hydrogen (secondary N) is 4. The van der Waals surface area contributed by atoms with Gasteiger partial charge < -0.3 is 53.5 Å². The molecule has 1 aromatic heterocycles. The Kier molecular flexibility index (Phi) is 12.7. The Morgan fingerprint density at radius 3 is 2.05 bits per heavy atom. The normalized spacial score (nSPS) is 13.5. The van der Waals surface area contributed by atoms with Crippen LogP contribution in [0.5, 0.6) is 5.75 Å². The van der Waals surface area contributed by atoms with Gasteiger partial charge in [-0.25, -0.2) is 9.78 Å². The van der Waals surface area contributed by atoms with Gasteiger partial charge in [-0.05, 0) is 30.5 Å². The molecule has 2 rings (SSSR count). The van der Waals surface area contributed by atoms with E-state index in [9.17, 15) is 34.2 Å². The molecule has 0 aliphatic rings. The molecule has 0 aliphatic carbocycles. The molecule has 2 aromatic rings. The number of H-pyrrole nitrogens is 1. The zero-order valence-corrected chi connectivity index (χ0v) is 22.5. The van der Waals surface area contributed by atoms with Gasteiger partial charge in [-0.15, -0.1) is 0 Å². The highest BCUT2D eigenvalue weighted by Crippen LogP contribution is 2.12. The maximum atomic E-state index is 13.5. The average molecular weight is 590 g/mol. The Morgan fingerprint density at radius 1 is 0.905 bits per heavy atom. The third-order valence-electron chi connectivity index (χ3n) is 5.92. The molecule has 4 atom stereocenters. The van der Waals surface area contributed by atoms with Crippen molar-refractivity contribution in [3.63, 3.8) is 0 Å². The molecular formula is C25H35N9O8. The predicted octanol–water partition coefficient (Wildman–Crippen LogP) is -2.70. The molecule has 17 nitrogen and oxygen atoms in total. The lowest BCUT2D eigenvalue weighted by atomic mass is 10.0. The molecule has 0 saturated carbocycles. The fraction of sp³-hybridized carbons (Fsp3) is 0.400. The number of hydrogen-bond acceptors (Lipinski definition) is 9. The van der Waals surface area contributed by atoms with Gasteiger partial charge in [0.1, 0.15) is 23.9 Å². The third kappa shape index (κ3) is 11.5. The quantitative estimate of drug-likeness (QED) is 0.0512. The highest BCUT2D eigenvalue weighted by Gasteiger charge is 2.31. The van der Waals surface area contributed by atoms with Gasteiger partial charge in [-0.1, -0.05) is 12.1 Å². The SMILES string of the molecule is NC(N)=NCCCC(N)C(=O)NC(Cc1ccc(O)cc1)C(=O)NC(Cc1cnc[nH]1)C(=O)NC(CC(=O)O)C(=O)O. The first-order valence-electron chi connectivity index (χ1n) is 12.8. The predicted molar refractivity (Wildman–Crippen MR) is 148 cm³/mol. The third-order valence-corrected chi connectivity index (χ3v) is 5.92. The number of phenols is 1. The van der Waals surface area contributed by atoms with Crippen LogP contribution in [0.25, 0.3) is 0 Å². The van der Waals surface area contributed by atoms with Crippen molar-refractivity contribution in [3.05, 3.63) is 48.0 Å². The number of aromatic nitrogens is 2. The number of guanidine groups is 1. The number of imidazole rings is 1. The molecule has 42 heavy (non-hydrogen) atoms. The standard InChI is InChI=1S/C25H35N9O8/c26-16(2-1-7-30-25(27)28)21(38)32-17(8-13-3-5-15(35)6-4-13)22(39)33-18(9-14-11-29-12-31-14)23(40)34-19(24(41)42)10-20(36)37/h3-6,11-12,16-19,35H,1-2,7-10,26H2,(H,29,31)(H,32,38)(H,33,39)(H,34,40)(H,36,37)(H,41,42)(H4,27,28,30). The monoisotopic (exact) mass is 589 g/mol. The number of rotatable bonds is 17. The zero-order chi connectivity index (χ0) is 31.2. The summed E-state index contributed by atoms with van der Waals surface area (Å²) >= 11 is 0. The van der Waals surface area contributed by atoms with Crippen LogP contribution in [0.2, 0.25) is 0 Å². The van der Waals surface area contributed by atoms with E-state index in [4.69, 9.17) is 22.3 Å². The number of hydrogen-bond donors (Lipinski definition) is 10. The summed E-state index contributed by atoms with van der Waals surface area (Å²) in [6.45, 7) is 0.240. The van der Waals surface area contributed by atoms with Crippen molar-refractivity contribution in [2.24, 2.45) is 22.2 Å². The maximum absolute atomic E-state index is 13.5. The maximum Gasteiger partial charge on any atom is 0.326 e. The number of aliphatic carboxylic acids is 2. The van der Waals surface area contributed by atoms with E-state index in [-0.39, 0.29) is 37.5 Å². The van der Waals surface area contributed by atoms with Crippen LogP contribution in [0.4, 0.5) is 0 Å². The van der Waals surface area contributed by atoms with Crippen molar-refractivity contribution in [2.45, 2.75) is 56.3 Å². The van der Waals surface area contributed by atoms with Gasteiger partial charge in [0.05, 0.1) is 18.8 Å². The highest BCUT2D eigenvalue weighted by molar-refractivity contribution is 5.95. The van der Waals surface area contributed by atoms with Gasteiger partial charge in [0.15, 0.2) is 5.96 Å². The first kappa shape index (κ1) is 33.0. The van der Waals surface area contributed by atoms with E-state index in [1.807, 2.05) is 0 Å². The van der Waals surface area contributed by atoms with Crippen LogP contribution in [-0.4, -0.2) is 91.6 Å². The Hall–Kier alpha value is -5.19. The summed E-state index contributed by atoms with van der Waals surface area (Å²) in [4.78, 5) is 72.4. The van der Waals surface area contributed by atoms with Crippen molar-refractivity contribution >= 4 is 35.6 Å². The lowest BCUT2D eigenvalue weighted by Gasteiger charge is -2.25. The van der Waals surface area contributed by atoms with Crippen LogP contribution in [0.15, 0.2) is 41.8 Å². The summed E-state index contributed by atoms with van der Waals surface area (Å²) in [7, 11) is 0. The average Bonchev–Trinajstić information content (AvgIpc) is 3.43. The van der Waals surface area contributed by atoms with E-state index in [2.05, 4.69) is 30.9 Å². The minimum absolute atomic E-state index is 0.0165. The minimum Gasteiger partial charge on any atom is -0.508 e. The number of carbonyl (C=O) groups excluding carboxylic acids is 3. The van der Waals surface area contributed by atoms with E-state index >= 15 is 0 Å². The number of carboxylic acids is 2. The Balaban J connectivity index is 2.25. The number of benzene rings is 1. The molecule has 17 heteroatoms. The van der Waals surface area contributed by atoms with Crippen LogP contribution in [0, 0.1) is 0 Å². The van der Waals surface area contributed by atoms with Gasteiger partial charge in [0, 0.05) is 31.3 Å². The van der Waals surface area contributed by atoms with E-state index < -0.39 is 60.2 Å². The zero-order valence-electron chi connectivity index (χ0n) is 22.5. The number of aliphatic imine (C=N–C) groups is 1. The molecule has 3 amide bonds. The Bertz CT molecular complexity index is 1250. The number of aromatic hydroxyl groups is 1. The van der Waals surface area contributed by atoms with Crippen molar-refractivity contribution < 1.29 is 39.3 Å². The molecular weight excluding hydrogens is 554 g/mol. The number of amides is 3. The van der Waals surface area contributed by atoms with Crippen molar-refractivity contribution in [1.82, 2.24) is 25.9 Å². The number of carboxylic acid groups (broad SMARTS) is 2. The second-order valence-corrected chi connectivity index (χ2v) is 9.33. The number of carbonyl (C=O) groups is 5. The fourth-order valence-electron chi connectivity index (χ4n) is 3.75. The van der Waals surface area contributed by atoms with Crippen LogP contribution in [0.3, 0.4) is 0 Å². The van der Waals surface area contributed by atoms with Crippen LogP contribution in [0.1, 0.15) is 30.5 Å². The molecule has 4 unspecified atom stereocenters. The number of phenolic OH excluding ortho intramolecular Hbond substituents is 1. The van der Waals surface area contributed by atoms with Gasteiger partial charge in [0.2, 0.25) is 17.7 Å². The first-order valence-corrected chi connectivity index (χ1v) is 12.8. The van der Waals surface area contributed by atoms with E-state index in [0.29, 0.717) is 17.7 Å². The van der Waals surface area contributed by atoms with Gasteiger partial charge in [-0.2, -0.15) is 0 Å². The first-order chi connectivity index (χ1) is 19.8.